The number of nitrogens with zero attached hydrogens (tertiary/aromatic N) is 2. The van der Waals surface area contributed by atoms with E-state index in [4.69, 9.17) is 5.11 Å². The summed E-state index contributed by atoms with van der Waals surface area (Å²) >= 11 is 1.62. The molecule has 2 rings (SSSR count). The van der Waals surface area contributed by atoms with Gasteiger partial charge in [-0.3, -0.25) is 10.1 Å². The van der Waals surface area contributed by atoms with Crippen molar-refractivity contribution in [1.29, 1.82) is 0 Å². The summed E-state index contributed by atoms with van der Waals surface area (Å²) < 4.78 is 0. The molecular weight excluding hydrogens is 264 g/mol. The predicted octanol–water partition coefficient (Wildman–Crippen LogP) is 2.66. The molecule has 0 aliphatic rings. The van der Waals surface area contributed by atoms with Gasteiger partial charge in [-0.2, -0.15) is 11.3 Å². The fraction of sp³-hybridized carbons (Fsp3) is 0.231. The van der Waals surface area contributed by atoms with Crippen LogP contribution in [0.1, 0.15) is 5.56 Å². The van der Waals surface area contributed by atoms with E-state index in [0.717, 1.165) is 11.3 Å². The van der Waals surface area contributed by atoms with Gasteiger partial charge in [0.05, 0.1) is 11.5 Å². The van der Waals surface area contributed by atoms with E-state index in [0.29, 0.717) is 13.1 Å². The molecule has 0 spiro atoms. The molecule has 6 heteroatoms. The van der Waals surface area contributed by atoms with E-state index in [9.17, 15) is 10.1 Å². The van der Waals surface area contributed by atoms with E-state index in [1.807, 2.05) is 16.3 Å². The third kappa shape index (κ3) is 3.52. The number of aliphatic hydroxyl groups excluding tert-OH is 1. The lowest BCUT2D eigenvalue weighted by Gasteiger charge is -2.23. The van der Waals surface area contributed by atoms with Crippen LogP contribution < -0.4 is 4.90 Å². The number of anilines is 1. The Labute approximate surface area is 114 Å². The minimum absolute atomic E-state index is 0.0428. The summed E-state index contributed by atoms with van der Waals surface area (Å²) in [5, 5.41) is 23.8. The van der Waals surface area contributed by atoms with E-state index in [1.165, 1.54) is 12.1 Å². The Balaban J connectivity index is 2.16. The Hall–Kier alpha value is -1.92. The van der Waals surface area contributed by atoms with Crippen LogP contribution in [0, 0.1) is 10.1 Å². The first kappa shape index (κ1) is 13.5. The standard InChI is InChI=1S/C13H14N2O3S/c16-7-6-14(9-11-5-8-19-10-11)12-1-3-13(4-2-12)15(17)18/h1-5,8,10,16H,6-7,9H2. The smallest absolute Gasteiger partial charge is 0.269 e. The molecule has 0 saturated heterocycles. The van der Waals surface area contributed by atoms with Crippen LogP contribution in [0.15, 0.2) is 41.1 Å². The zero-order valence-corrected chi connectivity index (χ0v) is 11.0. The number of rotatable bonds is 6. The first-order valence-corrected chi connectivity index (χ1v) is 6.76. The molecule has 5 nitrogen and oxygen atoms in total. The summed E-state index contributed by atoms with van der Waals surface area (Å²) in [5.41, 5.74) is 2.10. The van der Waals surface area contributed by atoms with E-state index in [-0.39, 0.29) is 12.3 Å². The van der Waals surface area contributed by atoms with E-state index < -0.39 is 4.92 Å². The molecule has 1 aromatic heterocycles. The second-order valence-corrected chi connectivity index (χ2v) is 4.83. The van der Waals surface area contributed by atoms with Crippen molar-refractivity contribution in [2.24, 2.45) is 0 Å². The minimum atomic E-state index is -0.418. The molecule has 0 amide bonds. The minimum Gasteiger partial charge on any atom is -0.395 e. The van der Waals surface area contributed by atoms with E-state index >= 15 is 0 Å². The maximum absolute atomic E-state index is 10.6. The molecule has 2 aromatic rings. The molecule has 0 fully saturated rings. The van der Waals surface area contributed by atoms with Gasteiger partial charge < -0.3 is 10.0 Å². The maximum Gasteiger partial charge on any atom is 0.269 e. The fourth-order valence-electron chi connectivity index (χ4n) is 1.81. The van der Waals surface area contributed by atoms with Gasteiger partial charge in [0.25, 0.3) is 5.69 Å². The third-order valence-electron chi connectivity index (χ3n) is 2.75. The van der Waals surface area contributed by atoms with Crippen LogP contribution in [0.5, 0.6) is 0 Å². The van der Waals surface area contributed by atoms with E-state index in [2.05, 4.69) is 5.38 Å². The first-order chi connectivity index (χ1) is 9.20. The van der Waals surface area contributed by atoms with Crippen molar-refractivity contribution in [2.75, 3.05) is 18.1 Å². The number of benzene rings is 1. The topological polar surface area (TPSA) is 66.6 Å². The van der Waals surface area contributed by atoms with Crippen LogP contribution in [-0.2, 0) is 6.54 Å². The van der Waals surface area contributed by atoms with Gasteiger partial charge in [0.15, 0.2) is 0 Å². The van der Waals surface area contributed by atoms with Gasteiger partial charge in [0.1, 0.15) is 0 Å². The molecule has 0 aliphatic heterocycles. The van der Waals surface area contributed by atoms with Crippen LogP contribution in [0.4, 0.5) is 11.4 Å². The van der Waals surface area contributed by atoms with Crippen molar-refractivity contribution in [3.63, 3.8) is 0 Å². The van der Waals surface area contributed by atoms with Gasteiger partial charge in [-0.15, -0.1) is 0 Å². The van der Waals surface area contributed by atoms with Crippen LogP contribution in [0.3, 0.4) is 0 Å². The van der Waals surface area contributed by atoms with Crippen molar-refractivity contribution in [2.45, 2.75) is 6.54 Å². The SMILES string of the molecule is O=[N+]([O-])c1ccc(N(CCO)Cc2ccsc2)cc1. The molecule has 1 heterocycles. The molecule has 0 aliphatic carbocycles. The molecular formula is C13H14N2O3S. The summed E-state index contributed by atoms with van der Waals surface area (Å²) in [7, 11) is 0. The first-order valence-electron chi connectivity index (χ1n) is 5.82. The van der Waals surface area contributed by atoms with Crippen molar-refractivity contribution in [1.82, 2.24) is 0 Å². The normalized spacial score (nSPS) is 10.4. The second kappa shape index (κ2) is 6.31. The summed E-state index contributed by atoms with van der Waals surface area (Å²) in [5.74, 6) is 0. The fourth-order valence-corrected chi connectivity index (χ4v) is 2.47. The molecule has 0 radical (unpaired) electrons. The largest absolute Gasteiger partial charge is 0.395 e. The molecule has 0 saturated carbocycles. The highest BCUT2D eigenvalue weighted by atomic mass is 32.1. The number of nitro groups is 1. The van der Waals surface area contributed by atoms with Gasteiger partial charge in [0.2, 0.25) is 0 Å². The third-order valence-corrected chi connectivity index (χ3v) is 3.48. The molecule has 100 valence electrons. The Morgan fingerprint density at radius 1 is 1.26 bits per heavy atom. The number of hydrogen-bond acceptors (Lipinski definition) is 5. The average molecular weight is 278 g/mol. The van der Waals surface area contributed by atoms with Crippen LogP contribution >= 0.6 is 11.3 Å². The summed E-state index contributed by atoms with van der Waals surface area (Å²) in [6, 6.07) is 8.40. The number of thiophene rings is 1. The second-order valence-electron chi connectivity index (χ2n) is 4.05. The van der Waals surface area contributed by atoms with Crippen LogP contribution in [0.2, 0.25) is 0 Å². The Morgan fingerprint density at radius 3 is 2.53 bits per heavy atom. The van der Waals surface area contributed by atoms with Gasteiger partial charge in [0, 0.05) is 30.9 Å². The summed E-state index contributed by atoms with van der Waals surface area (Å²) in [4.78, 5) is 12.2. The zero-order chi connectivity index (χ0) is 13.7. The zero-order valence-electron chi connectivity index (χ0n) is 10.2. The van der Waals surface area contributed by atoms with Crippen LogP contribution in [-0.4, -0.2) is 23.2 Å². The van der Waals surface area contributed by atoms with Crippen molar-refractivity contribution < 1.29 is 10.0 Å². The predicted molar refractivity (Wildman–Crippen MR) is 75.6 cm³/mol. The molecule has 1 N–H and O–H groups in total. The Kier molecular flexibility index (Phi) is 4.48. The van der Waals surface area contributed by atoms with Gasteiger partial charge in [-0.1, -0.05) is 0 Å². The number of non-ortho nitro benzene ring substituents is 1. The van der Waals surface area contributed by atoms with E-state index in [1.54, 1.807) is 23.5 Å². The summed E-state index contributed by atoms with van der Waals surface area (Å²) in [6.45, 7) is 1.22. The van der Waals surface area contributed by atoms with Gasteiger partial charge >= 0.3 is 0 Å². The van der Waals surface area contributed by atoms with Crippen molar-refractivity contribution in [3.8, 4) is 0 Å². The molecule has 0 unspecified atom stereocenters. The molecule has 0 atom stereocenters. The maximum atomic E-state index is 10.6. The molecule has 0 bridgehead atoms. The number of aliphatic hydroxyl groups is 1. The molecule has 1 aromatic carbocycles. The monoisotopic (exact) mass is 278 g/mol. The highest BCUT2D eigenvalue weighted by Crippen LogP contribution is 2.21. The highest BCUT2D eigenvalue weighted by molar-refractivity contribution is 7.07. The number of nitro benzene ring substituents is 1. The lowest BCUT2D eigenvalue weighted by molar-refractivity contribution is -0.384. The summed E-state index contributed by atoms with van der Waals surface area (Å²) in [6.07, 6.45) is 0. The van der Waals surface area contributed by atoms with Crippen molar-refractivity contribution in [3.05, 3.63) is 56.8 Å². The quantitative estimate of drug-likeness (QED) is 0.651. The van der Waals surface area contributed by atoms with Gasteiger partial charge in [-0.25, -0.2) is 0 Å². The van der Waals surface area contributed by atoms with Crippen molar-refractivity contribution >= 4 is 22.7 Å². The van der Waals surface area contributed by atoms with Gasteiger partial charge in [-0.05, 0) is 34.5 Å². The molecule has 19 heavy (non-hydrogen) atoms. The average Bonchev–Trinajstić information content (AvgIpc) is 2.91. The lowest BCUT2D eigenvalue weighted by Crippen LogP contribution is -2.25. The number of hydrogen-bond donors (Lipinski definition) is 1. The lowest BCUT2D eigenvalue weighted by atomic mass is 10.2. The highest BCUT2D eigenvalue weighted by Gasteiger charge is 2.10. The van der Waals surface area contributed by atoms with Crippen LogP contribution in [0.25, 0.3) is 0 Å². The Morgan fingerprint density at radius 2 is 2.00 bits per heavy atom. The Bertz CT molecular complexity index is 525.